The largest absolute Gasteiger partial charge is 0.353 e. The molecule has 0 bridgehead atoms. The molecule has 1 aromatic heterocycles. The van der Waals surface area contributed by atoms with Gasteiger partial charge in [-0.25, -0.2) is 14.8 Å². The second kappa shape index (κ2) is 11.5. The average Bonchev–Trinajstić information content (AvgIpc) is 2.87. The molecule has 0 saturated carbocycles. The second-order valence-corrected chi connectivity index (χ2v) is 11.4. The van der Waals surface area contributed by atoms with Gasteiger partial charge in [-0.1, -0.05) is 83.5 Å². The van der Waals surface area contributed by atoms with Gasteiger partial charge in [-0.05, 0) is 48.8 Å². The quantitative estimate of drug-likeness (QED) is 0.371. The highest BCUT2D eigenvalue weighted by Gasteiger charge is 2.27. The molecular weight excluding hydrogens is 470 g/mol. The van der Waals surface area contributed by atoms with Gasteiger partial charge in [0.05, 0.1) is 0 Å². The Kier molecular flexibility index (Phi) is 8.39. The summed E-state index contributed by atoms with van der Waals surface area (Å²) in [6.45, 7) is 20.0. The Hall–Kier alpha value is -3.41. The maximum absolute atomic E-state index is 13.4. The van der Waals surface area contributed by atoms with E-state index in [1.54, 1.807) is 0 Å². The van der Waals surface area contributed by atoms with Gasteiger partial charge in [0, 0.05) is 48.7 Å². The third-order valence-electron chi connectivity index (χ3n) is 7.44. The third kappa shape index (κ3) is 5.85. The van der Waals surface area contributed by atoms with Gasteiger partial charge in [0.25, 0.3) is 0 Å². The lowest BCUT2D eigenvalue weighted by Gasteiger charge is -2.37. The van der Waals surface area contributed by atoms with Crippen LogP contribution in [0.25, 0.3) is 11.4 Å². The lowest BCUT2D eigenvalue weighted by molar-refractivity contribution is 0.208. The molecule has 0 spiro atoms. The van der Waals surface area contributed by atoms with Crippen molar-refractivity contribution in [2.45, 2.75) is 73.1 Å². The van der Waals surface area contributed by atoms with Crippen molar-refractivity contribution in [1.82, 2.24) is 14.9 Å². The number of benzene rings is 2. The van der Waals surface area contributed by atoms with Crippen LogP contribution in [0.4, 0.5) is 16.3 Å². The van der Waals surface area contributed by atoms with Crippen molar-refractivity contribution in [3.63, 3.8) is 0 Å². The topological polar surface area (TPSA) is 61.4 Å². The predicted molar refractivity (Wildman–Crippen MR) is 158 cm³/mol. The van der Waals surface area contributed by atoms with Crippen molar-refractivity contribution in [3.05, 3.63) is 70.4 Å². The summed E-state index contributed by atoms with van der Waals surface area (Å²) in [5, 5.41) is 3.28. The number of amides is 2. The SMILES string of the molecule is Cc1cccc(-c2nc(C)c(C(C)C)c(N3CCN(C(=O)Nc4c(C(C)C)cccc4C(C)C)CC3)n2)c1. The van der Waals surface area contributed by atoms with E-state index in [0.717, 1.165) is 41.7 Å². The molecule has 1 saturated heterocycles. The van der Waals surface area contributed by atoms with E-state index in [0.29, 0.717) is 30.8 Å². The third-order valence-corrected chi connectivity index (χ3v) is 7.44. The van der Waals surface area contributed by atoms with E-state index in [2.05, 4.69) is 108 Å². The van der Waals surface area contributed by atoms with Gasteiger partial charge < -0.3 is 15.1 Å². The minimum absolute atomic E-state index is 0.0250. The van der Waals surface area contributed by atoms with Crippen LogP contribution in [-0.4, -0.2) is 47.1 Å². The minimum atomic E-state index is -0.0250. The van der Waals surface area contributed by atoms with Crippen LogP contribution in [0.3, 0.4) is 0 Å². The number of aryl methyl sites for hydroxylation is 2. The van der Waals surface area contributed by atoms with Crippen LogP contribution in [0.1, 0.15) is 87.2 Å². The molecule has 3 aromatic rings. The minimum Gasteiger partial charge on any atom is -0.353 e. The molecule has 1 aliphatic rings. The molecule has 4 rings (SSSR count). The molecule has 0 aliphatic carbocycles. The Morgan fingerprint density at radius 2 is 1.42 bits per heavy atom. The highest BCUT2D eigenvalue weighted by atomic mass is 16.2. The smallest absolute Gasteiger partial charge is 0.321 e. The number of carbonyl (C=O) groups excluding carboxylic acids is 1. The summed E-state index contributed by atoms with van der Waals surface area (Å²) in [4.78, 5) is 27.7. The van der Waals surface area contributed by atoms with Crippen LogP contribution in [0.2, 0.25) is 0 Å². The van der Waals surface area contributed by atoms with E-state index in [9.17, 15) is 4.79 Å². The zero-order valence-corrected chi connectivity index (χ0v) is 24.3. The van der Waals surface area contributed by atoms with Crippen molar-refractivity contribution < 1.29 is 4.79 Å². The summed E-state index contributed by atoms with van der Waals surface area (Å²) in [5.74, 6) is 2.73. The molecule has 0 unspecified atom stereocenters. The summed E-state index contributed by atoms with van der Waals surface area (Å²) in [5.41, 5.74) is 7.78. The normalized spacial score (nSPS) is 14.1. The summed E-state index contributed by atoms with van der Waals surface area (Å²) < 4.78 is 0. The first-order chi connectivity index (χ1) is 18.1. The van der Waals surface area contributed by atoms with Crippen molar-refractivity contribution in [2.24, 2.45) is 0 Å². The number of rotatable bonds is 6. The first-order valence-electron chi connectivity index (χ1n) is 14.0. The van der Waals surface area contributed by atoms with Crippen LogP contribution in [0.15, 0.2) is 42.5 Å². The van der Waals surface area contributed by atoms with Crippen LogP contribution in [0, 0.1) is 13.8 Å². The number of para-hydroxylation sites is 1. The molecule has 2 amide bonds. The molecule has 202 valence electrons. The number of nitrogens with zero attached hydrogens (tertiary/aromatic N) is 4. The zero-order valence-electron chi connectivity index (χ0n) is 24.3. The second-order valence-electron chi connectivity index (χ2n) is 11.4. The summed E-state index contributed by atoms with van der Waals surface area (Å²) in [7, 11) is 0. The van der Waals surface area contributed by atoms with Crippen LogP contribution >= 0.6 is 0 Å². The van der Waals surface area contributed by atoms with E-state index >= 15 is 0 Å². The molecule has 1 N–H and O–H groups in total. The number of piperazine rings is 1. The molecule has 6 nitrogen and oxygen atoms in total. The molecule has 1 fully saturated rings. The van der Waals surface area contributed by atoms with E-state index in [-0.39, 0.29) is 6.03 Å². The number of anilines is 2. The molecule has 6 heteroatoms. The molecule has 0 atom stereocenters. The van der Waals surface area contributed by atoms with Gasteiger partial charge in [0.2, 0.25) is 0 Å². The molecule has 2 aromatic carbocycles. The summed E-state index contributed by atoms with van der Waals surface area (Å²) in [6.07, 6.45) is 0. The van der Waals surface area contributed by atoms with Gasteiger partial charge in [-0.15, -0.1) is 0 Å². The van der Waals surface area contributed by atoms with Gasteiger partial charge in [-0.3, -0.25) is 0 Å². The Balaban J connectivity index is 1.55. The fraction of sp³-hybridized carbons (Fsp3) is 0.469. The number of hydrogen-bond donors (Lipinski definition) is 1. The van der Waals surface area contributed by atoms with Gasteiger partial charge in [-0.2, -0.15) is 0 Å². The van der Waals surface area contributed by atoms with Crippen molar-refractivity contribution in [1.29, 1.82) is 0 Å². The van der Waals surface area contributed by atoms with Crippen molar-refractivity contribution in [3.8, 4) is 11.4 Å². The summed E-state index contributed by atoms with van der Waals surface area (Å²) in [6, 6.07) is 14.7. The molecular formula is C32H43N5O. The average molecular weight is 514 g/mol. The zero-order chi connectivity index (χ0) is 27.6. The lowest BCUT2D eigenvalue weighted by Crippen LogP contribution is -2.50. The Bertz CT molecular complexity index is 1260. The maximum Gasteiger partial charge on any atom is 0.321 e. The predicted octanol–water partition coefficient (Wildman–Crippen LogP) is 7.48. The number of carbonyl (C=O) groups is 1. The standard InChI is InChI=1S/C32H43N5O/c1-20(2)26-13-10-14-27(21(3)4)29(26)34-32(38)37-17-15-36(16-18-37)31-28(22(5)6)24(8)33-30(35-31)25-12-9-11-23(7)19-25/h9-14,19-22H,15-18H2,1-8H3,(H,34,38). The number of aromatic nitrogens is 2. The van der Waals surface area contributed by atoms with Crippen LogP contribution in [0.5, 0.6) is 0 Å². The van der Waals surface area contributed by atoms with E-state index in [1.165, 1.54) is 22.3 Å². The lowest BCUT2D eigenvalue weighted by atomic mass is 9.93. The maximum atomic E-state index is 13.4. The van der Waals surface area contributed by atoms with Gasteiger partial charge >= 0.3 is 6.03 Å². The van der Waals surface area contributed by atoms with Crippen molar-refractivity contribution >= 4 is 17.5 Å². The first kappa shape index (κ1) is 27.6. The fourth-order valence-electron chi connectivity index (χ4n) is 5.40. The molecule has 2 heterocycles. The van der Waals surface area contributed by atoms with Gasteiger partial charge in [0.15, 0.2) is 5.82 Å². The fourth-order valence-corrected chi connectivity index (χ4v) is 5.40. The van der Waals surface area contributed by atoms with Gasteiger partial charge in [0.1, 0.15) is 5.82 Å². The van der Waals surface area contributed by atoms with E-state index < -0.39 is 0 Å². The highest BCUT2D eigenvalue weighted by Crippen LogP contribution is 2.34. The highest BCUT2D eigenvalue weighted by molar-refractivity contribution is 5.91. The van der Waals surface area contributed by atoms with Crippen LogP contribution < -0.4 is 10.2 Å². The number of nitrogens with one attached hydrogen (secondary N) is 1. The molecule has 0 radical (unpaired) electrons. The number of urea groups is 1. The van der Waals surface area contributed by atoms with E-state index in [4.69, 9.17) is 9.97 Å². The Morgan fingerprint density at radius 1 is 0.816 bits per heavy atom. The van der Waals surface area contributed by atoms with E-state index in [1.807, 2.05) is 4.90 Å². The first-order valence-corrected chi connectivity index (χ1v) is 14.0. The Labute approximate surface area is 228 Å². The summed E-state index contributed by atoms with van der Waals surface area (Å²) >= 11 is 0. The van der Waals surface area contributed by atoms with Crippen molar-refractivity contribution in [2.75, 3.05) is 36.4 Å². The molecule has 38 heavy (non-hydrogen) atoms. The Morgan fingerprint density at radius 3 is 1.97 bits per heavy atom. The monoisotopic (exact) mass is 513 g/mol. The number of hydrogen-bond acceptors (Lipinski definition) is 4. The molecule has 1 aliphatic heterocycles. The van der Waals surface area contributed by atoms with Crippen LogP contribution in [-0.2, 0) is 0 Å².